The zero-order chi connectivity index (χ0) is 16.2. The molecule has 1 aromatic carbocycles. The minimum atomic E-state index is -4.34. The van der Waals surface area contributed by atoms with Crippen molar-refractivity contribution in [2.45, 2.75) is 29.5 Å². The zero-order valence-electron chi connectivity index (χ0n) is 11.9. The summed E-state index contributed by atoms with van der Waals surface area (Å²) in [4.78, 5) is 12.0. The van der Waals surface area contributed by atoms with Gasteiger partial charge in [0.2, 0.25) is 0 Å². The molecule has 0 bridgehead atoms. The van der Waals surface area contributed by atoms with Crippen molar-refractivity contribution >= 4 is 17.7 Å². The van der Waals surface area contributed by atoms with E-state index in [1.54, 1.807) is 6.92 Å². The van der Waals surface area contributed by atoms with Crippen LogP contribution in [-0.4, -0.2) is 37.0 Å². The predicted octanol–water partition coefficient (Wildman–Crippen LogP) is 3.18. The highest BCUT2D eigenvalue weighted by molar-refractivity contribution is 8.00. The van der Waals surface area contributed by atoms with E-state index in [4.69, 9.17) is 9.47 Å². The summed E-state index contributed by atoms with van der Waals surface area (Å²) in [7, 11) is 0. The fourth-order valence-electron chi connectivity index (χ4n) is 1.93. The minimum absolute atomic E-state index is 0.0370. The van der Waals surface area contributed by atoms with Gasteiger partial charge < -0.3 is 14.8 Å². The van der Waals surface area contributed by atoms with E-state index in [-0.39, 0.29) is 34.7 Å². The third-order valence-electron chi connectivity index (χ3n) is 3.02. The molecule has 4 nitrogen and oxygen atoms in total. The molecule has 0 saturated carbocycles. The van der Waals surface area contributed by atoms with Gasteiger partial charge in [0.05, 0.1) is 19.8 Å². The van der Waals surface area contributed by atoms with Crippen molar-refractivity contribution < 1.29 is 27.4 Å². The molecule has 1 aliphatic heterocycles. The number of rotatable bonds is 4. The molecule has 1 heterocycles. The highest BCUT2D eigenvalue weighted by Crippen LogP contribution is 2.36. The lowest BCUT2D eigenvalue weighted by atomic mass is 10.2. The molecule has 0 radical (unpaired) electrons. The molecule has 2 rings (SSSR count). The van der Waals surface area contributed by atoms with Crippen molar-refractivity contribution in [1.29, 1.82) is 0 Å². The number of thioether (sulfide) groups is 1. The SMILES string of the molecule is CC1(CNC(=O)c2ccc(SC(F)(F)F)cc2)OCCCO1. The first-order chi connectivity index (χ1) is 10.3. The number of nitrogens with one attached hydrogen (secondary N) is 1. The van der Waals surface area contributed by atoms with Gasteiger partial charge in [-0.25, -0.2) is 0 Å². The Morgan fingerprint density at radius 1 is 1.27 bits per heavy atom. The van der Waals surface area contributed by atoms with Crippen LogP contribution in [-0.2, 0) is 9.47 Å². The summed E-state index contributed by atoms with van der Waals surface area (Å²) in [6.45, 7) is 3.03. The first-order valence-electron chi connectivity index (χ1n) is 6.69. The van der Waals surface area contributed by atoms with Crippen LogP contribution < -0.4 is 5.32 Å². The van der Waals surface area contributed by atoms with Gasteiger partial charge >= 0.3 is 5.51 Å². The van der Waals surface area contributed by atoms with E-state index in [1.807, 2.05) is 0 Å². The molecule has 0 aliphatic carbocycles. The Morgan fingerprint density at radius 2 is 1.86 bits per heavy atom. The Balaban J connectivity index is 1.89. The molecule has 8 heteroatoms. The molecule has 1 fully saturated rings. The monoisotopic (exact) mass is 335 g/mol. The van der Waals surface area contributed by atoms with E-state index in [0.717, 1.165) is 6.42 Å². The highest BCUT2D eigenvalue weighted by atomic mass is 32.2. The molecule has 1 amide bonds. The number of carbonyl (C=O) groups is 1. The molecular formula is C14H16F3NO3S. The molecule has 22 heavy (non-hydrogen) atoms. The van der Waals surface area contributed by atoms with Gasteiger partial charge in [-0.05, 0) is 49.4 Å². The number of hydrogen-bond acceptors (Lipinski definition) is 4. The summed E-state index contributed by atoms with van der Waals surface area (Å²) in [6.07, 6.45) is 0.807. The van der Waals surface area contributed by atoms with Crippen molar-refractivity contribution in [2.75, 3.05) is 19.8 Å². The summed E-state index contributed by atoms with van der Waals surface area (Å²) in [6, 6.07) is 5.24. The van der Waals surface area contributed by atoms with Crippen LogP contribution in [0.25, 0.3) is 0 Å². The maximum absolute atomic E-state index is 12.2. The van der Waals surface area contributed by atoms with Crippen LogP contribution in [0.3, 0.4) is 0 Å². The number of amides is 1. The molecule has 1 N–H and O–H groups in total. The third kappa shape index (κ3) is 5.19. The van der Waals surface area contributed by atoms with Crippen LogP contribution in [0.1, 0.15) is 23.7 Å². The van der Waals surface area contributed by atoms with E-state index < -0.39 is 11.3 Å². The first-order valence-corrected chi connectivity index (χ1v) is 7.51. The fourth-order valence-corrected chi connectivity index (χ4v) is 2.47. The van der Waals surface area contributed by atoms with Gasteiger partial charge in [-0.2, -0.15) is 13.2 Å². The minimum Gasteiger partial charge on any atom is -0.348 e. The highest BCUT2D eigenvalue weighted by Gasteiger charge is 2.30. The Hall–Kier alpha value is -1.25. The second kappa shape index (κ2) is 6.89. The first kappa shape index (κ1) is 17.1. The quantitative estimate of drug-likeness (QED) is 0.859. The number of alkyl halides is 3. The maximum atomic E-state index is 12.2. The van der Waals surface area contributed by atoms with Crippen LogP contribution in [0, 0.1) is 0 Å². The van der Waals surface area contributed by atoms with Crippen molar-refractivity contribution in [3.63, 3.8) is 0 Å². The lowest BCUT2D eigenvalue weighted by molar-refractivity contribution is -0.251. The summed E-state index contributed by atoms with van der Waals surface area (Å²) >= 11 is -0.215. The van der Waals surface area contributed by atoms with Crippen molar-refractivity contribution in [2.24, 2.45) is 0 Å². The van der Waals surface area contributed by atoms with Crippen LogP contribution in [0.15, 0.2) is 29.2 Å². The van der Waals surface area contributed by atoms with Gasteiger partial charge in [-0.1, -0.05) is 0 Å². The van der Waals surface area contributed by atoms with Gasteiger partial charge in [-0.15, -0.1) is 0 Å². The van der Waals surface area contributed by atoms with Crippen LogP contribution in [0.5, 0.6) is 0 Å². The molecule has 0 spiro atoms. The van der Waals surface area contributed by atoms with E-state index >= 15 is 0 Å². The Bertz CT molecular complexity index is 513. The lowest BCUT2D eigenvalue weighted by Gasteiger charge is -2.33. The van der Waals surface area contributed by atoms with Crippen molar-refractivity contribution in [1.82, 2.24) is 5.32 Å². The van der Waals surface area contributed by atoms with Crippen LogP contribution >= 0.6 is 11.8 Å². The normalized spacial score (nSPS) is 18.0. The second-order valence-electron chi connectivity index (χ2n) is 4.94. The fraction of sp³-hybridized carbons (Fsp3) is 0.500. The van der Waals surface area contributed by atoms with Gasteiger partial charge in [0.15, 0.2) is 5.79 Å². The van der Waals surface area contributed by atoms with Crippen LogP contribution in [0.4, 0.5) is 13.2 Å². The number of benzene rings is 1. The molecule has 1 aromatic rings. The zero-order valence-corrected chi connectivity index (χ0v) is 12.7. The average molecular weight is 335 g/mol. The third-order valence-corrected chi connectivity index (χ3v) is 3.76. The Morgan fingerprint density at radius 3 is 2.41 bits per heavy atom. The summed E-state index contributed by atoms with van der Waals surface area (Å²) in [5.41, 5.74) is -4.06. The van der Waals surface area contributed by atoms with Gasteiger partial charge in [-0.3, -0.25) is 4.79 Å². The number of ether oxygens (including phenoxy) is 2. The molecule has 122 valence electrons. The van der Waals surface area contributed by atoms with Gasteiger partial charge in [0.25, 0.3) is 5.91 Å². The van der Waals surface area contributed by atoms with E-state index in [0.29, 0.717) is 13.2 Å². The standard InChI is InChI=1S/C14H16F3NO3S/c1-13(20-7-2-8-21-13)9-18-12(19)10-3-5-11(6-4-10)22-14(15,16)17/h3-6H,2,7-9H2,1H3,(H,18,19). The smallest absolute Gasteiger partial charge is 0.348 e. The molecule has 1 saturated heterocycles. The number of carbonyl (C=O) groups excluding carboxylic acids is 1. The van der Waals surface area contributed by atoms with Crippen LogP contribution in [0.2, 0.25) is 0 Å². The van der Waals surface area contributed by atoms with E-state index in [9.17, 15) is 18.0 Å². The maximum Gasteiger partial charge on any atom is 0.446 e. The number of halogens is 3. The summed E-state index contributed by atoms with van der Waals surface area (Å²) in [5, 5.41) is 2.66. The molecular weight excluding hydrogens is 319 g/mol. The molecule has 0 unspecified atom stereocenters. The van der Waals surface area contributed by atoms with Gasteiger partial charge in [0, 0.05) is 10.5 Å². The topological polar surface area (TPSA) is 47.6 Å². The largest absolute Gasteiger partial charge is 0.446 e. The molecule has 0 atom stereocenters. The molecule has 1 aliphatic rings. The van der Waals surface area contributed by atoms with Crippen molar-refractivity contribution in [3.05, 3.63) is 29.8 Å². The second-order valence-corrected chi connectivity index (χ2v) is 6.08. The Kier molecular flexibility index (Phi) is 5.36. The lowest BCUT2D eigenvalue weighted by Crippen LogP contribution is -2.47. The molecule has 0 aromatic heterocycles. The van der Waals surface area contributed by atoms with E-state index in [2.05, 4.69) is 5.32 Å². The summed E-state index contributed by atoms with van der Waals surface area (Å²) in [5.74, 6) is -1.25. The van der Waals surface area contributed by atoms with E-state index in [1.165, 1.54) is 24.3 Å². The van der Waals surface area contributed by atoms with Crippen molar-refractivity contribution in [3.8, 4) is 0 Å². The Labute approximate surface area is 130 Å². The predicted molar refractivity (Wildman–Crippen MR) is 75.6 cm³/mol. The van der Waals surface area contributed by atoms with Gasteiger partial charge in [0.1, 0.15) is 0 Å². The number of hydrogen-bond donors (Lipinski definition) is 1. The summed E-state index contributed by atoms with van der Waals surface area (Å²) < 4.78 is 47.6. The average Bonchev–Trinajstić information content (AvgIpc) is 2.45.